The van der Waals surface area contributed by atoms with Crippen LogP contribution >= 0.6 is 0 Å². The molecule has 0 aliphatic heterocycles. The lowest BCUT2D eigenvalue weighted by molar-refractivity contribution is 0.0527. The van der Waals surface area contributed by atoms with Crippen molar-refractivity contribution in [3.05, 3.63) is 126 Å². The molecule has 0 amide bonds. The molecule has 6 nitrogen and oxygen atoms in total. The fourth-order valence-electron chi connectivity index (χ4n) is 9.33. The SMILES string of the molecule is CO[C@@H]1CCCC[C@H]1c1ccnc2ccc(F)cc12.CO[C@@H]1CCCC[C@H]1c1ccnc2ccc(F)cc12.O[C@@H]1CCCC[C@H]1c1ccnc2ccc(F)cc12. The summed E-state index contributed by atoms with van der Waals surface area (Å²) >= 11 is 0. The van der Waals surface area contributed by atoms with Crippen molar-refractivity contribution in [2.24, 2.45) is 0 Å². The van der Waals surface area contributed by atoms with Crippen LogP contribution in [0.2, 0.25) is 0 Å². The third-order valence-electron chi connectivity index (χ3n) is 12.2. The third kappa shape index (κ3) is 9.06. The summed E-state index contributed by atoms with van der Waals surface area (Å²) in [5.41, 5.74) is 5.91. The van der Waals surface area contributed by atoms with Gasteiger partial charge in [-0.25, -0.2) is 13.2 Å². The number of aromatic nitrogens is 3. The van der Waals surface area contributed by atoms with Gasteiger partial charge in [-0.2, -0.15) is 0 Å². The molecule has 6 atom stereocenters. The molecule has 3 aliphatic rings. The van der Waals surface area contributed by atoms with E-state index in [1.807, 2.05) is 30.6 Å². The molecule has 1 N–H and O–H groups in total. The number of benzene rings is 3. The van der Waals surface area contributed by atoms with Crippen molar-refractivity contribution in [3.8, 4) is 0 Å². The smallest absolute Gasteiger partial charge is 0.123 e. The van der Waals surface area contributed by atoms with Crippen LogP contribution in [0.4, 0.5) is 13.2 Å². The summed E-state index contributed by atoms with van der Waals surface area (Å²) in [6.45, 7) is 0. The van der Waals surface area contributed by atoms with Crippen LogP contribution in [0, 0.1) is 17.5 Å². The number of halogens is 3. The van der Waals surface area contributed by atoms with E-state index in [2.05, 4.69) is 15.0 Å². The maximum Gasteiger partial charge on any atom is 0.123 e. The van der Waals surface area contributed by atoms with Crippen molar-refractivity contribution in [1.29, 1.82) is 0 Å². The van der Waals surface area contributed by atoms with Gasteiger partial charge in [-0.3, -0.25) is 15.0 Å². The van der Waals surface area contributed by atoms with Crippen LogP contribution in [-0.2, 0) is 9.47 Å². The maximum atomic E-state index is 13.5. The molecule has 0 saturated heterocycles. The largest absolute Gasteiger partial charge is 0.392 e. The minimum atomic E-state index is -0.312. The van der Waals surface area contributed by atoms with Gasteiger partial charge in [0.25, 0.3) is 0 Å². The highest BCUT2D eigenvalue weighted by Gasteiger charge is 2.29. The number of rotatable bonds is 5. The number of aliphatic hydroxyl groups is 1. The summed E-state index contributed by atoms with van der Waals surface area (Å²) in [5, 5.41) is 12.8. The van der Waals surface area contributed by atoms with E-state index in [9.17, 15) is 18.3 Å². The van der Waals surface area contributed by atoms with Crippen LogP contribution in [-0.4, -0.2) is 52.6 Å². The average Bonchev–Trinajstić information content (AvgIpc) is 3.23. The van der Waals surface area contributed by atoms with E-state index in [-0.39, 0.29) is 41.7 Å². The van der Waals surface area contributed by atoms with Gasteiger partial charge in [-0.15, -0.1) is 0 Å². The average molecular weight is 764 g/mol. The molecule has 3 saturated carbocycles. The number of fused-ring (bicyclic) bond motifs is 3. The quantitative estimate of drug-likeness (QED) is 0.188. The number of hydrogen-bond donors (Lipinski definition) is 1. The van der Waals surface area contributed by atoms with E-state index < -0.39 is 0 Å². The zero-order chi connectivity index (χ0) is 39.0. The van der Waals surface area contributed by atoms with Crippen LogP contribution in [0.5, 0.6) is 0 Å². The molecule has 6 aromatic rings. The Labute approximate surface area is 327 Å². The molecule has 9 heteroatoms. The minimum Gasteiger partial charge on any atom is -0.392 e. The summed E-state index contributed by atoms with van der Waals surface area (Å²) < 4.78 is 51.6. The van der Waals surface area contributed by atoms with E-state index >= 15 is 0 Å². The van der Waals surface area contributed by atoms with Crippen molar-refractivity contribution in [3.63, 3.8) is 0 Å². The number of nitrogens with zero attached hydrogens (tertiary/aromatic N) is 3. The Morgan fingerprint density at radius 1 is 0.464 bits per heavy atom. The molecule has 294 valence electrons. The molecule has 3 aliphatic carbocycles. The van der Waals surface area contributed by atoms with E-state index in [1.54, 1.807) is 50.7 Å². The van der Waals surface area contributed by atoms with Crippen LogP contribution in [0.3, 0.4) is 0 Å². The van der Waals surface area contributed by atoms with Crippen LogP contribution in [0.25, 0.3) is 32.7 Å². The monoisotopic (exact) mass is 763 g/mol. The number of aliphatic hydroxyl groups excluding tert-OH is 1. The zero-order valence-electron chi connectivity index (χ0n) is 32.3. The second kappa shape index (κ2) is 18.7. The van der Waals surface area contributed by atoms with Gasteiger partial charge in [0.1, 0.15) is 17.5 Å². The van der Waals surface area contributed by atoms with Gasteiger partial charge in [0, 0.05) is 66.7 Å². The van der Waals surface area contributed by atoms with Gasteiger partial charge in [-0.1, -0.05) is 38.5 Å². The third-order valence-corrected chi connectivity index (χ3v) is 12.2. The van der Waals surface area contributed by atoms with Crippen LogP contribution in [0.15, 0.2) is 91.4 Å². The van der Waals surface area contributed by atoms with E-state index in [0.717, 1.165) is 89.6 Å². The van der Waals surface area contributed by atoms with Gasteiger partial charge in [-0.05, 0) is 128 Å². The minimum absolute atomic E-state index is 0.117. The fraction of sp³-hybridized carbons (Fsp3) is 0.426. The van der Waals surface area contributed by atoms with Crippen molar-refractivity contribution >= 4 is 32.7 Å². The van der Waals surface area contributed by atoms with Crippen molar-refractivity contribution in [2.45, 2.75) is 113 Å². The predicted octanol–water partition coefficient (Wildman–Crippen LogP) is 11.5. The second-order valence-corrected chi connectivity index (χ2v) is 15.5. The Balaban J connectivity index is 0.000000129. The Bertz CT molecular complexity index is 2130. The molecule has 0 unspecified atom stereocenters. The first kappa shape index (κ1) is 39.8. The molecule has 3 heterocycles. The second-order valence-electron chi connectivity index (χ2n) is 15.5. The predicted molar refractivity (Wildman–Crippen MR) is 216 cm³/mol. The Kier molecular flexibility index (Phi) is 13.3. The lowest BCUT2D eigenvalue weighted by Gasteiger charge is -2.31. The van der Waals surface area contributed by atoms with Crippen molar-refractivity contribution < 1.29 is 27.8 Å². The normalized spacial score (nSPS) is 23.9. The van der Waals surface area contributed by atoms with Gasteiger partial charge >= 0.3 is 0 Å². The molecule has 3 aromatic heterocycles. The summed E-state index contributed by atoms with van der Waals surface area (Å²) in [7, 11) is 3.54. The molecule has 0 spiro atoms. The first-order valence-electron chi connectivity index (χ1n) is 20.2. The molecule has 0 radical (unpaired) electrons. The molecule has 3 fully saturated rings. The fourth-order valence-corrected chi connectivity index (χ4v) is 9.33. The lowest BCUT2D eigenvalue weighted by Crippen LogP contribution is -2.25. The van der Waals surface area contributed by atoms with E-state index in [4.69, 9.17) is 9.47 Å². The number of pyridine rings is 3. The van der Waals surface area contributed by atoms with Crippen LogP contribution in [0.1, 0.15) is 111 Å². The van der Waals surface area contributed by atoms with Gasteiger partial charge in [0.05, 0.1) is 34.9 Å². The summed E-state index contributed by atoms with van der Waals surface area (Å²) in [6.07, 6.45) is 18.8. The highest BCUT2D eigenvalue weighted by Crippen LogP contribution is 2.40. The first-order valence-corrected chi connectivity index (χ1v) is 20.2. The highest BCUT2D eigenvalue weighted by molar-refractivity contribution is 5.84. The lowest BCUT2D eigenvalue weighted by atomic mass is 9.80. The molecular formula is C47H52F3N3O3. The summed E-state index contributed by atoms with van der Waals surface area (Å²) in [5.74, 6) is 0.170. The maximum absolute atomic E-state index is 13.5. The topological polar surface area (TPSA) is 77.4 Å². The standard InChI is InChI=1S/2C16H18FNO.C15H16FNO/c2*1-19-16-5-3-2-4-13(16)12-8-9-18-15-7-6-11(17)10-14(12)15;16-10-5-6-14-13(9-10)11(7-8-17-14)12-3-1-2-4-15(12)18/h2*6-10,13,16H,2-5H2,1H3;5-9,12,15,18H,1-4H2/t2*13-,16+;12-,15+/m000/s1. The van der Waals surface area contributed by atoms with Crippen molar-refractivity contribution in [2.75, 3.05) is 14.2 Å². The van der Waals surface area contributed by atoms with Gasteiger partial charge in [0.15, 0.2) is 0 Å². The first-order chi connectivity index (χ1) is 27.3. The van der Waals surface area contributed by atoms with Gasteiger partial charge in [0.2, 0.25) is 0 Å². The number of methoxy groups -OCH3 is 2. The number of hydrogen-bond acceptors (Lipinski definition) is 6. The molecule has 3 aromatic carbocycles. The molecule has 0 bridgehead atoms. The molecular weight excluding hydrogens is 712 g/mol. The summed E-state index contributed by atoms with van der Waals surface area (Å²) in [4.78, 5) is 12.9. The van der Waals surface area contributed by atoms with Crippen molar-refractivity contribution in [1.82, 2.24) is 15.0 Å². The Morgan fingerprint density at radius 2 is 0.804 bits per heavy atom. The Hall–Kier alpha value is -4.44. The zero-order valence-corrected chi connectivity index (χ0v) is 32.3. The number of ether oxygens (including phenoxy) is 2. The highest BCUT2D eigenvalue weighted by atomic mass is 19.1. The molecule has 56 heavy (non-hydrogen) atoms. The van der Waals surface area contributed by atoms with Gasteiger partial charge < -0.3 is 14.6 Å². The molecule has 9 rings (SSSR count). The van der Waals surface area contributed by atoms with Crippen LogP contribution < -0.4 is 0 Å². The summed E-state index contributed by atoms with van der Waals surface area (Å²) in [6, 6.07) is 20.2. The Morgan fingerprint density at radius 3 is 1.18 bits per heavy atom. The van der Waals surface area contributed by atoms with E-state index in [0.29, 0.717) is 11.8 Å². The van der Waals surface area contributed by atoms with E-state index in [1.165, 1.54) is 61.1 Å².